The van der Waals surface area contributed by atoms with Crippen molar-refractivity contribution in [3.63, 3.8) is 0 Å². The van der Waals surface area contributed by atoms with Gasteiger partial charge in [0.15, 0.2) is 27.8 Å². The molecule has 1 aliphatic heterocycles. The first kappa shape index (κ1) is 48.8. The molecule has 0 bridgehead atoms. The SMILES string of the molecule is C#C[C@@]1([C@@](O)(C#C[Si](C)(C)C)/C=C/[Si](c2ccccc2)(c2ccccc2)C(C)(C)C)O[C@@H](COCc2ccccc2)[C@H](O[Si](C)(C)C(C)(C)C)[C@H]1O[Si](C)(C)C(C)(C)C. The van der Waals surface area contributed by atoms with Crippen LogP contribution in [0.3, 0.4) is 0 Å². The van der Waals surface area contributed by atoms with Crippen molar-refractivity contribution >= 4 is 43.2 Å². The van der Waals surface area contributed by atoms with Crippen molar-refractivity contribution in [3.05, 3.63) is 108 Å². The van der Waals surface area contributed by atoms with Gasteiger partial charge in [-0.1, -0.05) is 190 Å². The van der Waals surface area contributed by atoms with E-state index in [-0.39, 0.29) is 21.7 Å². The van der Waals surface area contributed by atoms with E-state index in [4.69, 9.17) is 24.7 Å². The van der Waals surface area contributed by atoms with Gasteiger partial charge in [0.25, 0.3) is 0 Å². The average Bonchev–Trinajstić information content (AvgIpc) is 3.42. The molecule has 320 valence electrons. The van der Waals surface area contributed by atoms with Gasteiger partial charge in [-0.3, -0.25) is 0 Å². The Morgan fingerprint density at radius 2 is 1.15 bits per heavy atom. The zero-order valence-corrected chi connectivity index (χ0v) is 43.1. The summed E-state index contributed by atoms with van der Waals surface area (Å²) < 4.78 is 28.8. The zero-order valence-electron chi connectivity index (χ0n) is 39.1. The van der Waals surface area contributed by atoms with Crippen molar-refractivity contribution in [2.45, 2.75) is 159 Å². The Labute approximate surface area is 363 Å². The molecule has 3 aromatic carbocycles. The molecule has 0 saturated carbocycles. The smallest absolute Gasteiger partial charge is 0.199 e. The van der Waals surface area contributed by atoms with Crippen LogP contribution in [0.1, 0.15) is 67.9 Å². The molecule has 1 N–H and O–H groups in total. The van der Waals surface area contributed by atoms with Crippen LogP contribution in [0.2, 0.25) is 60.9 Å². The van der Waals surface area contributed by atoms with E-state index in [0.717, 1.165) is 5.56 Å². The number of ether oxygens (including phenoxy) is 2. The number of benzene rings is 3. The molecule has 4 rings (SSSR count). The van der Waals surface area contributed by atoms with E-state index in [9.17, 15) is 5.11 Å². The van der Waals surface area contributed by atoms with Crippen LogP contribution in [0.25, 0.3) is 0 Å². The lowest BCUT2D eigenvalue weighted by atomic mass is 9.79. The Bertz CT molecular complexity index is 1930. The molecule has 0 amide bonds. The standard InChI is InChI=1S/C50H74O5Si4/c1-18-50(49(51,34-36-56(11,12)13)35-37-59(48(8,9)10,41-30-24-20-25-31-41)42-32-26-21-27-33-42)45(55-58(16,17)47(5,6)7)44(54-57(14,15)46(2,3)4)43(53-50)39-52-38-40-28-22-19-23-29-40/h1,19-33,35,37,43-45,51H,38-39H2,2-17H3/b37-35+/t43-,44-,45+,49+,50+/m0/s1. The summed E-state index contributed by atoms with van der Waals surface area (Å²) in [5.41, 5.74) is 3.11. The fourth-order valence-corrected chi connectivity index (χ4v) is 15.3. The van der Waals surface area contributed by atoms with Gasteiger partial charge >= 0.3 is 0 Å². The highest BCUT2D eigenvalue weighted by molar-refractivity contribution is 7.07. The van der Waals surface area contributed by atoms with E-state index in [0.29, 0.717) is 6.61 Å². The molecular weight excluding hydrogens is 793 g/mol. The van der Waals surface area contributed by atoms with E-state index in [1.54, 1.807) is 0 Å². The maximum absolute atomic E-state index is 13.9. The third-order valence-electron chi connectivity index (χ3n) is 12.9. The first-order valence-electron chi connectivity index (χ1n) is 21.3. The third-order valence-corrected chi connectivity index (χ3v) is 28.2. The molecule has 1 aliphatic rings. The summed E-state index contributed by atoms with van der Waals surface area (Å²) in [6.45, 7) is 36.3. The Balaban J connectivity index is 2.10. The average molecular weight is 867 g/mol. The molecule has 0 spiro atoms. The molecule has 3 aromatic rings. The molecule has 0 unspecified atom stereocenters. The van der Waals surface area contributed by atoms with Crippen molar-refractivity contribution in [1.82, 2.24) is 0 Å². The van der Waals surface area contributed by atoms with Crippen LogP contribution in [-0.4, -0.2) is 74.0 Å². The molecule has 1 saturated heterocycles. The highest BCUT2D eigenvalue weighted by atomic mass is 28.4. The van der Waals surface area contributed by atoms with Crippen molar-refractivity contribution in [2.75, 3.05) is 6.61 Å². The van der Waals surface area contributed by atoms with E-state index < -0.39 is 62.3 Å². The topological polar surface area (TPSA) is 57.2 Å². The normalized spacial score (nSPS) is 22.1. The molecular formula is C50H74O5Si4. The van der Waals surface area contributed by atoms with Crippen molar-refractivity contribution in [1.29, 1.82) is 0 Å². The van der Waals surface area contributed by atoms with Gasteiger partial charge in [0, 0.05) is 0 Å². The molecule has 1 heterocycles. The number of hydrogen-bond acceptors (Lipinski definition) is 5. The lowest BCUT2D eigenvalue weighted by molar-refractivity contribution is -0.133. The Morgan fingerprint density at radius 3 is 1.58 bits per heavy atom. The van der Waals surface area contributed by atoms with Crippen LogP contribution in [0.5, 0.6) is 0 Å². The van der Waals surface area contributed by atoms with Crippen molar-refractivity contribution in [3.8, 4) is 23.8 Å². The van der Waals surface area contributed by atoms with Gasteiger partial charge in [-0.25, -0.2) is 0 Å². The monoisotopic (exact) mass is 866 g/mol. The van der Waals surface area contributed by atoms with Gasteiger partial charge < -0.3 is 23.4 Å². The van der Waals surface area contributed by atoms with Crippen LogP contribution in [0.4, 0.5) is 0 Å². The largest absolute Gasteiger partial charge is 0.408 e. The summed E-state index contributed by atoms with van der Waals surface area (Å²) in [5.74, 6) is 6.56. The molecule has 5 nitrogen and oxygen atoms in total. The predicted molar refractivity (Wildman–Crippen MR) is 260 cm³/mol. The first-order chi connectivity index (χ1) is 27.1. The lowest BCUT2D eigenvalue weighted by Crippen LogP contribution is -2.65. The highest BCUT2D eigenvalue weighted by Gasteiger charge is 2.67. The summed E-state index contributed by atoms with van der Waals surface area (Å²) >= 11 is 0. The second kappa shape index (κ2) is 17.9. The quantitative estimate of drug-likeness (QED) is 0.137. The fraction of sp³-hybridized carbons (Fsp3) is 0.520. The van der Waals surface area contributed by atoms with Gasteiger partial charge in [-0.15, -0.1) is 12.0 Å². The molecule has 1 fully saturated rings. The van der Waals surface area contributed by atoms with Crippen LogP contribution in [0.15, 0.2) is 103 Å². The van der Waals surface area contributed by atoms with E-state index in [1.165, 1.54) is 10.4 Å². The van der Waals surface area contributed by atoms with Crippen molar-refractivity contribution in [2.24, 2.45) is 0 Å². The van der Waals surface area contributed by atoms with Crippen LogP contribution in [-0.2, 0) is 24.9 Å². The van der Waals surface area contributed by atoms with Gasteiger partial charge in [-0.2, -0.15) is 0 Å². The summed E-state index contributed by atoms with van der Waals surface area (Å²) in [6, 6.07) is 31.5. The number of aliphatic hydroxyl groups is 1. The minimum Gasteiger partial charge on any atom is -0.408 e. The van der Waals surface area contributed by atoms with E-state index in [2.05, 4.69) is 204 Å². The van der Waals surface area contributed by atoms with E-state index in [1.807, 2.05) is 24.3 Å². The number of terminal acetylenes is 1. The minimum atomic E-state index is -2.89. The van der Waals surface area contributed by atoms with Crippen LogP contribution in [0, 0.1) is 23.8 Å². The van der Waals surface area contributed by atoms with Crippen molar-refractivity contribution < 1.29 is 23.4 Å². The third kappa shape index (κ3) is 10.6. The summed E-state index contributed by atoms with van der Waals surface area (Å²) in [6.07, 6.45) is 6.59. The van der Waals surface area contributed by atoms with Crippen LogP contribution >= 0.6 is 0 Å². The molecule has 0 aromatic heterocycles. The van der Waals surface area contributed by atoms with Gasteiger partial charge in [0.1, 0.15) is 34.5 Å². The zero-order chi connectivity index (χ0) is 44.3. The van der Waals surface area contributed by atoms with Gasteiger partial charge in [0.2, 0.25) is 0 Å². The predicted octanol–water partition coefficient (Wildman–Crippen LogP) is 10.5. The second-order valence-corrected chi connectivity index (χ2v) is 40.4. The van der Waals surface area contributed by atoms with Gasteiger partial charge in [0.05, 0.1) is 13.2 Å². The highest BCUT2D eigenvalue weighted by Crippen LogP contribution is 2.50. The minimum absolute atomic E-state index is 0.136. The Hall–Kier alpha value is -2.81. The summed E-state index contributed by atoms with van der Waals surface area (Å²) in [5, 5.41) is 15.8. The van der Waals surface area contributed by atoms with Crippen LogP contribution < -0.4 is 10.4 Å². The molecule has 0 aliphatic carbocycles. The lowest BCUT2D eigenvalue weighted by Gasteiger charge is -2.48. The molecule has 5 atom stereocenters. The first-order valence-corrected chi connectivity index (χ1v) is 32.7. The number of rotatable bonds is 13. The Morgan fingerprint density at radius 1 is 0.695 bits per heavy atom. The molecule has 0 radical (unpaired) electrons. The number of hydrogen-bond donors (Lipinski definition) is 1. The summed E-state index contributed by atoms with van der Waals surface area (Å²) in [7, 11) is -10.1. The fourth-order valence-electron chi connectivity index (χ4n) is 7.29. The van der Waals surface area contributed by atoms with Gasteiger partial charge in [-0.05, 0) is 63.3 Å². The van der Waals surface area contributed by atoms with E-state index >= 15 is 0 Å². The maximum Gasteiger partial charge on any atom is 0.199 e. The Kier molecular flexibility index (Phi) is 14.8. The molecule has 59 heavy (non-hydrogen) atoms. The summed E-state index contributed by atoms with van der Waals surface area (Å²) in [4.78, 5) is 0. The second-order valence-electron chi connectivity index (χ2n) is 21.6. The maximum atomic E-state index is 13.9. The molecule has 9 heteroatoms.